The van der Waals surface area contributed by atoms with Crippen LogP contribution >= 0.6 is 7.82 Å². The molecule has 0 bridgehead atoms. The fourth-order valence-electron chi connectivity index (χ4n) is 9.23. The van der Waals surface area contributed by atoms with E-state index in [0.717, 1.165) is 64.2 Å². The van der Waals surface area contributed by atoms with Gasteiger partial charge in [0.25, 0.3) is 0 Å². The molecule has 0 aliphatic rings. The van der Waals surface area contributed by atoms with Gasteiger partial charge in [0.15, 0.2) is 0 Å². The van der Waals surface area contributed by atoms with Crippen LogP contribution in [0.4, 0.5) is 0 Å². The number of likely N-dealkylation sites (N-methyl/N-ethyl adjacent to an activating group) is 1. The molecule has 0 spiro atoms. The maximum Gasteiger partial charge on any atom is 0.472 e. The van der Waals surface area contributed by atoms with Gasteiger partial charge in [-0.3, -0.25) is 13.8 Å². The molecular weight excluding hydrogens is 948 g/mol. The number of allylic oxidation sites excluding steroid dienone is 11. The topological polar surface area (TPSA) is 105 Å². The Morgan fingerprint density at radius 1 is 0.467 bits per heavy atom. The van der Waals surface area contributed by atoms with Gasteiger partial charge in [-0.2, -0.15) is 0 Å². The van der Waals surface area contributed by atoms with Crippen LogP contribution in [0.25, 0.3) is 0 Å². The zero-order chi connectivity index (χ0) is 54.9. The average molecular weight is 1070 g/mol. The minimum atomic E-state index is -4.35. The van der Waals surface area contributed by atoms with E-state index < -0.39 is 20.0 Å². The van der Waals surface area contributed by atoms with Crippen molar-refractivity contribution in [3.05, 3.63) is 72.9 Å². The molecule has 3 unspecified atom stereocenters. The molecule has 0 heterocycles. The van der Waals surface area contributed by atoms with Crippen molar-refractivity contribution in [1.29, 1.82) is 0 Å². The van der Waals surface area contributed by atoms with Gasteiger partial charge in [0.2, 0.25) is 5.91 Å². The molecule has 0 aromatic heterocycles. The Morgan fingerprint density at radius 3 is 1.23 bits per heavy atom. The Morgan fingerprint density at radius 2 is 0.813 bits per heavy atom. The van der Waals surface area contributed by atoms with Gasteiger partial charge in [0.05, 0.1) is 39.9 Å². The van der Waals surface area contributed by atoms with Crippen LogP contribution in [0, 0.1) is 0 Å². The summed E-state index contributed by atoms with van der Waals surface area (Å²) in [7, 11) is 1.56. The molecule has 0 aliphatic heterocycles. The molecule has 0 fully saturated rings. The van der Waals surface area contributed by atoms with Crippen LogP contribution < -0.4 is 5.32 Å². The van der Waals surface area contributed by atoms with Crippen molar-refractivity contribution >= 4 is 13.7 Å². The standard InChI is InChI=1S/C66H123N2O6P/c1-6-8-10-12-14-16-18-20-21-22-23-24-25-26-27-28-29-30-31-32-33-34-35-36-37-38-39-40-41-42-43-44-45-46-47-48-50-52-54-56-58-60-66(70)67-64(63-74-75(71,72)73-62-61-68(3,4)5)65(69)59-57-55-53-51-49-19-17-15-13-11-9-7-2/h8,10,14,16,20-21,23-24,49,51,57,59,64-65,69H,6-7,9,11-13,15,17-19,22,25-48,50,52-56,58,60-63H2,1-5H3,(H-,67,70,71,72)/p+1/b10-8-,16-14-,21-20-,24-23-,51-49+,59-57+. The lowest BCUT2D eigenvalue weighted by atomic mass is 10.0. The second-order valence-corrected chi connectivity index (χ2v) is 24.2. The van der Waals surface area contributed by atoms with Crippen molar-refractivity contribution in [2.45, 2.75) is 302 Å². The summed E-state index contributed by atoms with van der Waals surface area (Å²) in [6.07, 6.45) is 79.2. The largest absolute Gasteiger partial charge is 0.472 e. The lowest BCUT2D eigenvalue weighted by Crippen LogP contribution is -2.45. The van der Waals surface area contributed by atoms with E-state index in [4.69, 9.17) is 9.05 Å². The highest BCUT2D eigenvalue weighted by Gasteiger charge is 2.27. The van der Waals surface area contributed by atoms with Gasteiger partial charge >= 0.3 is 7.82 Å². The number of nitrogens with one attached hydrogen (secondary N) is 1. The van der Waals surface area contributed by atoms with Crippen molar-refractivity contribution in [2.75, 3.05) is 40.9 Å². The van der Waals surface area contributed by atoms with Crippen LogP contribution in [0.15, 0.2) is 72.9 Å². The van der Waals surface area contributed by atoms with E-state index in [0.29, 0.717) is 17.4 Å². The molecule has 8 nitrogen and oxygen atoms in total. The van der Waals surface area contributed by atoms with Gasteiger partial charge in [-0.25, -0.2) is 4.57 Å². The SMILES string of the molecule is CC/C=C\C/C=C\C/C=C\C/C=C\CCCCCCCCCCCCCCCCCCCCCCCCCCCCCCC(=O)NC(COP(=O)(O)OCC[N+](C)(C)C)C(O)/C=C/CC/C=C/CCCCCCCC. The number of quaternary nitrogens is 1. The molecule has 0 saturated carbocycles. The van der Waals surface area contributed by atoms with Crippen molar-refractivity contribution < 1.29 is 32.9 Å². The monoisotopic (exact) mass is 1070 g/mol. The summed E-state index contributed by atoms with van der Waals surface area (Å²) in [5.74, 6) is -0.184. The fourth-order valence-corrected chi connectivity index (χ4v) is 9.96. The highest BCUT2D eigenvalue weighted by molar-refractivity contribution is 7.47. The first-order chi connectivity index (χ1) is 36.5. The average Bonchev–Trinajstić information content (AvgIpc) is 3.37. The summed E-state index contributed by atoms with van der Waals surface area (Å²) in [5, 5.41) is 13.9. The summed E-state index contributed by atoms with van der Waals surface area (Å²) >= 11 is 0. The molecule has 9 heteroatoms. The fraction of sp³-hybridized carbons (Fsp3) is 0.803. The number of unbranched alkanes of at least 4 members (excludes halogenated alkanes) is 35. The summed E-state index contributed by atoms with van der Waals surface area (Å²) in [4.78, 5) is 23.3. The summed E-state index contributed by atoms with van der Waals surface area (Å²) < 4.78 is 23.6. The van der Waals surface area contributed by atoms with Crippen LogP contribution in [0.1, 0.15) is 290 Å². The smallest absolute Gasteiger partial charge is 0.387 e. The van der Waals surface area contributed by atoms with E-state index in [-0.39, 0.29) is 19.1 Å². The number of rotatable bonds is 58. The molecule has 438 valence electrons. The molecular formula is C66H124N2O6P+. The van der Waals surface area contributed by atoms with Crippen LogP contribution in [-0.2, 0) is 18.4 Å². The zero-order valence-electron chi connectivity index (χ0n) is 50.0. The van der Waals surface area contributed by atoms with Crippen molar-refractivity contribution in [1.82, 2.24) is 5.32 Å². The molecule has 0 aromatic rings. The summed E-state index contributed by atoms with van der Waals surface area (Å²) in [6, 6.07) is -0.862. The molecule has 3 atom stereocenters. The van der Waals surface area contributed by atoms with Crippen LogP contribution in [0.5, 0.6) is 0 Å². The van der Waals surface area contributed by atoms with Crippen LogP contribution in [-0.4, -0.2) is 73.4 Å². The van der Waals surface area contributed by atoms with Crippen molar-refractivity contribution in [2.24, 2.45) is 0 Å². The first-order valence-electron chi connectivity index (χ1n) is 31.8. The van der Waals surface area contributed by atoms with Gasteiger partial charge in [0.1, 0.15) is 13.2 Å². The highest BCUT2D eigenvalue weighted by Crippen LogP contribution is 2.43. The highest BCUT2D eigenvalue weighted by atomic mass is 31.2. The van der Waals surface area contributed by atoms with Crippen LogP contribution in [0.2, 0.25) is 0 Å². The number of hydrogen-bond donors (Lipinski definition) is 3. The van der Waals surface area contributed by atoms with Crippen molar-refractivity contribution in [3.8, 4) is 0 Å². The summed E-state index contributed by atoms with van der Waals surface area (Å²) in [5.41, 5.74) is 0. The number of hydrogen-bond acceptors (Lipinski definition) is 5. The van der Waals surface area contributed by atoms with Gasteiger partial charge in [-0.05, 0) is 70.6 Å². The molecule has 0 rings (SSSR count). The first-order valence-corrected chi connectivity index (χ1v) is 33.3. The predicted octanol–water partition coefficient (Wildman–Crippen LogP) is 19.8. The van der Waals surface area contributed by atoms with E-state index in [2.05, 4.69) is 79.9 Å². The number of amides is 1. The van der Waals surface area contributed by atoms with Crippen molar-refractivity contribution in [3.63, 3.8) is 0 Å². The molecule has 0 aliphatic carbocycles. The Bertz CT molecular complexity index is 1450. The quantitative estimate of drug-likeness (QED) is 0.0243. The molecule has 75 heavy (non-hydrogen) atoms. The predicted molar refractivity (Wildman–Crippen MR) is 327 cm³/mol. The normalized spacial score (nSPS) is 14.3. The lowest BCUT2D eigenvalue weighted by molar-refractivity contribution is -0.870. The maximum absolute atomic E-state index is 13.0. The number of carbonyl (C=O) groups is 1. The van der Waals surface area contributed by atoms with E-state index in [1.165, 1.54) is 205 Å². The molecule has 0 aromatic carbocycles. The number of aliphatic hydroxyl groups excluding tert-OH is 1. The van der Waals surface area contributed by atoms with E-state index in [9.17, 15) is 19.4 Å². The third-order valence-electron chi connectivity index (χ3n) is 14.2. The van der Waals surface area contributed by atoms with Gasteiger partial charge in [-0.15, -0.1) is 0 Å². The molecule has 0 saturated heterocycles. The van der Waals surface area contributed by atoms with E-state index in [1.807, 2.05) is 27.2 Å². The second kappa shape index (κ2) is 56.7. The second-order valence-electron chi connectivity index (χ2n) is 22.7. The Hall–Kier alpha value is -2.06. The third kappa shape index (κ3) is 59.4. The van der Waals surface area contributed by atoms with Gasteiger partial charge < -0.3 is 19.8 Å². The van der Waals surface area contributed by atoms with Gasteiger partial charge in [-0.1, -0.05) is 286 Å². The number of aliphatic hydroxyl groups is 1. The molecule has 3 N–H and O–H groups in total. The maximum atomic E-state index is 13.0. The third-order valence-corrected chi connectivity index (χ3v) is 15.1. The Labute approximate surface area is 465 Å². The molecule has 0 radical (unpaired) electrons. The zero-order valence-corrected chi connectivity index (χ0v) is 50.9. The Balaban J connectivity index is 3.84. The molecule has 1 amide bonds. The number of phosphoric acid groups is 1. The van der Waals surface area contributed by atoms with E-state index >= 15 is 0 Å². The van der Waals surface area contributed by atoms with E-state index in [1.54, 1.807) is 6.08 Å². The lowest BCUT2D eigenvalue weighted by Gasteiger charge is -2.25. The Kier molecular flexibility index (Phi) is 55.1. The number of phosphoric ester groups is 1. The minimum Gasteiger partial charge on any atom is -0.387 e. The number of carbonyl (C=O) groups excluding carboxylic acids is 1. The van der Waals surface area contributed by atoms with Gasteiger partial charge in [0, 0.05) is 6.42 Å². The number of nitrogens with zero attached hydrogens (tertiary/aromatic N) is 1. The first kappa shape index (κ1) is 72.9. The van der Waals surface area contributed by atoms with Crippen LogP contribution in [0.3, 0.4) is 0 Å². The summed E-state index contributed by atoms with van der Waals surface area (Å²) in [6.45, 7) is 4.68. The minimum absolute atomic E-state index is 0.0564.